The molecular formula is C16H17BrClNS. The summed E-state index contributed by atoms with van der Waals surface area (Å²) in [5, 5.41) is 0.761. The van der Waals surface area contributed by atoms with Crippen LogP contribution in [0, 0.1) is 0 Å². The van der Waals surface area contributed by atoms with E-state index in [0.717, 1.165) is 27.2 Å². The van der Waals surface area contributed by atoms with Crippen molar-refractivity contribution in [3.63, 3.8) is 0 Å². The fraction of sp³-hybridized carbons (Fsp3) is 0.250. The molecule has 0 bridgehead atoms. The maximum Gasteiger partial charge on any atom is 0.0417 e. The number of hydrogen-bond donors (Lipinski definition) is 1. The van der Waals surface area contributed by atoms with Crippen LogP contribution >= 0.6 is 39.3 Å². The zero-order valence-corrected chi connectivity index (χ0v) is 14.4. The highest BCUT2D eigenvalue weighted by Gasteiger charge is 2.09. The fourth-order valence-corrected chi connectivity index (χ4v) is 3.70. The Kier molecular flexibility index (Phi) is 5.97. The van der Waals surface area contributed by atoms with Crippen LogP contribution in [0.25, 0.3) is 0 Å². The number of halogens is 2. The van der Waals surface area contributed by atoms with E-state index in [9.17, 15) is 0 Å². The van der Waals surface area contributed by atoms with Gasteiger partial charge in [0.15, 0.2) is 0 Å². The minimum atomic E-state index is 0.204. The Hall–Kier alpha value is -0.480. The van der Waals surface area contributed by atoms with Crippen LogP contribution in [0.1, 0.15) is 18.9 Å². The van der Waals surface area contributed by atoms with Crippen LogP contribution in [-0.2, 0) is 6.42 Å². The van der Waals surface area contributed by atoms with Gasteiger partial charge in [-0.3, -0.25) is 0 Å². The number of benzene rings is 2. The summed E-state index contributed by atoms with van der Waals surface area (Å²) < 4.78 is 1.08. The second-order valence-corrected chi connectivity index (χ2v) is 7.15. The lowest BCUT2D eigenvalue weighted by Gasteiger charge is -2.13. The minimum Gasteiger partial charge on any atom is -0.327 e. The van der Waals surface area contributed by atoms with Crippen LogP contribution < -0.4 is 5.73 Å². The van der Waals surface area contributed by atoms with E-state index in [2.05, 4.69) is 47.1 Å². The van der Waals surface area contributed by atoms with E-state index in [1.165, 1.54) is 10.5 Å². The molecule has 2 aromatic rings. The molecule has 1 unspecified atom stereocenters. The van der Waals surface area contributed by atoms with Gasteiger partial charge in [0.05, 0.1) is 0 Å². The molecule has 0 aliphatic heterocycles. The lowest BCUT2D eigenvalue weighted by Crippen LogP contribution is -2.21. The Labute approximate surface area is 138 Å². The van der Waals surface area contributed by atoms with Gasteiger partial charge in [-0.2, -0.15) is 0 Å². The monoisotopic (exact) mass is 369 g/mol. The van der Waals surface area contributed by atoms with Crippen LogP contribution in [-0.4, -0.2) is 6.04 Å². The molecule has 1 nitrogen and oxygen atoms in total. The molecule has 0 radical (unpaired) electrons. The van der Waals surface area contributed by atoms with Crippen molar-refractivity contribution in [3.8, 4) is 0 Å². The fourth-order valence-electron chi connectivity index (χ4n) is 1.88. The molecule has 1 atom stereocenters. The van der Waals surface area contributed by atoms with Gasteiger partial charge in [-0.05, 0) is 48.7 Å². The molecule has 0 aliphatic rings. The Morgan fingerprint density at radius 3 is 2.75 bits per heavy atom. The van der Waals surface area contributed by atoms with Gasteiger partial charge in [0, 0.05) is 25.3 Å². The standard InChI is InChI=1S/C16H17BrClNS/c1-2-14(19)8-11-6-7-12(17)9-16(11)20-15-5-3-4-13(18)10-15/h3-7,9-10,14H,2,8,19H2,1H3. The maximum atomic E-state index is 6.09. The summed E-state index contributed by atoms with van der Waals surface area (Å²) in [5.74, 6) is 0. The molecule has 0 saturated heterocycles. The van der Waals surface area contributed by atoms with Crippen LogP contribution in [0.15, 0.2) is 56.7 Å². The molecule has 0 amide bonds. The molecule has 0 heterocycles. The van der Waals surface area contributed by atoms with Crippen molar-refractivity contribution < 1.29 is 0 Å². The summed E-state index contributed by atoms with van der Waals surface area (Å²) in [6.45, 7) is 2.12. The maximum absolute atomic E-state index is 6.09. The predicted molar refractivity (Wildman–Crippen MR) is 91.7 cm³/mol. The van der Waals surface area contributed by atoms with E-state index in [1.54, 1.807) is 11.8 Å². The van der Waals surface area contributed by atoms with Gasteiger partial charge in [0.1, 0.15) is 0 Å². The van der Waals surface area contributed by atoms with Crippen molar-refractivity contribution in [1.82, 2.24) is 0 Å². The highest BCUT2D eigenvalue weighted by atomic mass is 79.9. The van der Waals surface area contributed by atoms with E-state index in [-0.39, 0.29) is 6.04 Å². The molecule has 0 spiro atoms. The SMILES string of the molecule is CCC(N)Cc1ccc(Br)cc1Sc1cccc(Cl)c1. The Bertz CT molecular complexity index is 588. The molecule has 0 aliphatic carbocycles. The van der Waals surface area contributed by atoms with E-state index in [4.69, 9.17) is 17.3 Å². The zero-order valence-electron chi connectivity index (χ0n) is 11.3. The molecule has 0 aromatic heterocycles. The molecule has 0 fully saturated rings. The third-order valence-corrected chi connectivity index (χ3v) is 4.88. The second-order valence-electron chi connectivity index (χ2n) is 4.68. The second kappa shape index (κ2) is 7.51. The third kappa shape index (κ3) is 4.52. The summed E-state index contributed by atoms with van der Waals surface area (Å²) in [6.07, 6.45) is 1.88. The van der Waals surface area contributed by atoms with Gasteiger partial charge in [0.25, 0.3) is 0 Å². The van der Waals surface area contributed by atoms with Crippen molar-refractivity contribution in [2.24, 2.45) is 5.73 Å². The van der Waals surface area contributed by atoms with Crippen LogP contribution in [0.2, 0.25) is 5.02 Å². The van der Waals surface area contributed by atoms with Crippen LogP contribution in [0.4, 0.5) is 0 Å². The minimum absolute atomic E-state index is 0.204. The lowest BCUT2D eigenvalue weighted by atomic mass is 10.1. The van der Waals surface area contributed by atoms with Gasteiger partial charge in [-0.15, -0.1) is 0 Å². The van der Waals surface area contributed by atoms with E-state index >= 15 is 0 Å². The molecule has 2 rings (SSSR count). The molecule has 0 saturated carbocycles. The van der Waals surface area contributed by atoms with Gasteiger partial charge in [-0.25, -0.2) is 0 Å². The average Bonchev–Trinajstić information content (AvgIpc) is 2.41. The third-order valence-electron chi connectivity index (χ3n) is 3.06. The summed E-state index contributed by atoms with van der Waals surface area (Å²) >= 11 is 11.3. The highest BCUT2D eigenvalue weighted by Crippen LogP contribution is 2.34. The number of nitrogens with two attached hydrogens (primary N) is 1. The van der Waals surface area contributed by atoms with Crippen LogP contribution in [0.5, 0.6) is 0 Å². The van der Waals surface area contributed by atoms with E-state index in [0.29, 0.717) is 0 Å². The van der Waals surface area contributed by atoms with E-state index in [1.807, 2.05) is 18.2 Å². The molecular weight excluding hydrogens is 354 g/mol. The molecule has 2 N–H and O–H groups in total. The highest BCUT2D eigenvalue weighted by molar-refractivity contribution is 9.10. The van der Waals surface area contributed by atoms with Crippen molar-refractivity contribution in [2.75, 3.05) is 0 Å². The molecule has 106 valence electrons. The summed E-state index contributed by atoms with van der Waals surface area (Å²) in [6, 6.07) is 14.5. The first-order chi connectivity index (χ1) is 9.58. The zero-order chi connectivity index (χ0) is 14.5. The summed E-state index contributed by atoms with van der Waals surface area (Å²) in [7, 11) is 0. The van der Waals surface area contributed by atoms with Crippen molar-refractivity contribution in [3.05, 3.63) is 57.5 Å². The average molecular weight is 371 g/mol. The Balaban J connectivity index is 2.27. The first-order valence-electron chi connectivity index (χ1n) is 6.56. The van der Waals surface area contributed by atoms with Gasteiger partial charge in [-0.1, -0.05) is 58.3 Å². The Morgan fingerprint density at radius 1 is 1.25 bits per heavy atom. The first-order valence-corrected chi connectivity index (χ1v) is 8.54. The number of rotatable bonds is 5. The predicted octanol–water partition coefficient (Wildman–Crippen LogP) is 5.53. The topological polar surface area (TPSA) is 26.0 Å². The van der Waals surface area contributed by atoms with Gasteiger partial charge < -0.3 is 5.73 Å². The smallest absolute Gasteiger partial charge is 0.0417 e. The summed E-state index contributed by atoms with van der Waals surface area (Å²) in [4.78, 5) is 2.37. The van der Waals surface area contributed by atoms with Crippen LogP contribution in [0.3, 0.4) is 0 Å². The molecule has 20 heavy (non-hydrogen) atoms. The quantitative estimate of drug-likeness (QED) is 0.748. The van der Waals surface area contributed by atoms with Gasteiger partial charge in [0.2, 0.25) is 0 Å². The normalized spacial score (nSPS) is 12.4. The Morgan fingerprint density at radius 2 is 2.05 bits per heavy atom. The van der Waals surface area contributed by atoms with E-state index < -0.39 is 0 Å². The van der Waals surface area contributed by atoms with Gasteiger partial charge >= 0.3 is 0 Å². The summed E-state index contributed by atoms with van der Waals surface area (Å²) in [5.41, 5.74) is 7.37. The number of hydrogen-bond acceptors (Lipinski definition) is 2. The van der Waals surface area contributed by atoms with Crippen molar-refractivity contribution in [2.45, 2.75) is 35.6 Å². The largest absolute Gasteiger partial charge is 0.327 e. The molecule has 4 heteroatoms. The van der Waals surface area contributed by atoms with Crippen molar-refractivity contribution >= 4 is 39.3 Å². The lowest BCUT2D eigenvalue weighted by molar-refractivity contribution is 0.641. The van der Waals surface area contributed by atoms with Crippen molar-refractivity contribution in [1.29, 1.82) is 0 Å². The molecule has 2 aromatic carbocycles. The first kappa shape index (κ1) is 15.9.